The van der Waals surface area contributed by atoms with Crippen LogP contribution in [0.5, 0.6) is 0 Å². The fourth-order valence-corrected chi connectivity index (χ4v) is 4.36. The minimum atomic E-state index is -4.53. The van der Waals surface area contributed by atoms with Crippen molar-refractivity contribution in [3.05, 3.63) is 41.0 Å². The van der Waals surface area contributed by atoms with Crippen molar-refractivity contribution in [1.82, 2.24) is 0 Å². The Labute approximate surface area is 167 Å². The van der Waals surface area contributed by atoms with Crippen LogP contribution < -0.4 is 29.6 Å². The second kappa shape index (κ2) is 7.88. The van der Waals surface area contributed by atoms with Gasteiger partial charge in [-0.05, 0) is 45.2 Å². The maximum absolute atomic E-state index is 11.9. The van der Waals surface area contributed by atoms with Crippen LogP contribution in [0.2, 0.25) is 0 Å². The van der Waals surface area contributed by atoms with Gasteiger partial charge in [0, 0.05) is 0 Å². The van der Waals surface area contributed by atoms with Crippen molar-refractivity contribution in [3.8, 4) is 0 Å². The molecule has 0 radical (unpaired) electrons. The molecule has 5 heteroatoms. The van der Waals surface area contributed by atoms with Gasteiger partial charge in [-0.3, -0.25) is 0 Å². The molecule has 0 unspecified atom stereocenters. The van der Waals surface area contributed by atoms with Gasteiger partial charge in [0.1, 0.15) is 10.1 Å². The van der Waals surface area contributed by atoms with Gasteiger partial charge in [0.25, 0.3) is 0 Å². The first-order valence-corrected chi connectivity index (χ1v) is 9.51. The number of rotatable bonds is 4. The number of hydrogen-bond acceptors (Lipinski definition) is 3. The second-order valence-electron chi connectivity index (χ2n) is 7.07. The topological polar surface area (TPSA) is 57.2 Å². The minimum absolute atomic E-state index is 0. The van der Waals surface area contributed by atoms with Gasteiger partial charge in [0.2, 0.25) is 0 Å². The van der Waals surface area contributed by atoms with Gasteiger partial charge in [-0.2, -0.15) is 0 Å². The summed E-state index contributed by atoms with van der Waals surface area (Å²) >= 11 is 0. The summed E-state index contributed by atoms with van der Waals surface area (Å²) in [4.78, 5) is -0.0535. The first-order valence-electron chi connectivity index (χ1n) is 8.11. The van der Waals surface area contributed by atoms with Gasteiger partial charge in [-0.25, -0.2) is 8.42 Å². The zero-order chi connectivity index (χ0) is 17.5. The Balaban J connectivity index is 0.00000288. The van der Waals surface area contributed by atoms with E-state index in [2.05, 4.69) is 27.7 Å². The Bertz CT molecular complexity index is 837. The third kappa shape index (κ3) is 4.05. The number of benzene rings is 2. The van der Waals surface area contributed by atoms with Crippen LogP contribution >= 0.6 is 0 Å². The summed E-state index contributed by atoms with van der Waals surface area (Å²) in [6.45, 7) is 12.3. The van der Waals surface area contributed by atoms with E-state index in [-0.39, 0.29) is 46.3 Å². The maximum Gasteiger partial charge on any atom is 1.00 e. The van der Waals surface area contributed by atoms with Crippen LogP contribution in [-0.2, 0) is 10.1 Å². The fraction of sp³-hybridized carbons (Fsp3) is 0.474. The number of fused-ring (bicyclic) bond motifs is 1. The molecule has 2 rings (SSSR count). The van der Waals surface area contributed by atoms with E-state index in [1.165, 1.54) is 5.56 Å². The average molecular weight is 356 g/mol. The largest absolute Gasteiger partial charge is 1.00 e. The minimum Gasteiger partial charge on any atom is -0.744 e. The van der Waals surface area contributed by atoms with Crippen molar-refractivity contribution >= 4 is 20.9 Å². The maximum atomic E-state index is 11.9. The predicted octanol–water partition coefficient (Wildman–Crippen LogP) is 2.12. The molecule has 0 aromatic heterocycles. The van der Waals surface area contributed by atoms with E-state index in [0.717, 1.165) is 10.9 Å². The second-order valence-corrected chi connectivity index (χ2v) is 8.38. The smallest absolute Gasteiger partial charge is 0.744 e. The summed E-state index contributed by atoms with van der Waals surface area (Å²) in [5.41, 5.74) is 2.94. The number of hydrogen-bond donors (Lipinski definition) is 0. The van der Waals surface area contributed by atoms with Crippen LogP contribution in [0.3, 0.4) is 0 Å². The Morgan fingerprint density at radius 1 is 0.750 bits per heavy atom. The molecule has 0 amide bonds. The van der Waals surface area contributed by atoms with E-state index >= 15 is 0 Å². The molecule has 126 valence electrons. The van der Waals surface area contributed by atoms with Crippen molar-refractivity contribution in [3.63, 3.8) is 0 Å². The van der Waals surface area contributed by atoms with Crippen molar-refractivity contribution in [2.75, 3.05) is 0 Å². The molecule has 0 spiro atoms. The summed E-state index contributed by atoms with van der Waals surface area (Å²) in [5.74, 6) is 0.572. The van der Waals surface area contributed by atoms with Crippen molar-refractivity contribution in [1.29, 1.82) is 0 Å². The molecule has 0 saturated carbocycles. The van der Waals surface area contributed by atoms with Crippen LogP contribution in [0.15, 0.2) is 29.2 Å². The molecule has 0 fully saturated rings. The standard InChI is InChI=1S/C19H26O3S.Na/c1-11(2)14-7-10-17-16(18(14)13(5)6)9-8-15(12(3)4)19(17)23(20,21)22;/h7-13H,1-6H3,(H,20,21,22);/q;+1/p-1. The molecule has 0 N–H and O–H groups in total. The first kappa shape index (κ1) is 21.7. The van der Waals surface area contributed by atoms with Crippen LogP contribution in [0.4, 0.5) is 0 Å². The van der Waals surface area contributed by atoms with Crippen LogP contribution in [-0.4, -0.2) is 13.0 Å². The van der Waals surface area contributed by atoms with Gasteiger partial charge >= 0.3 is 29.6 Å². The summed E-state index contributed by atoms with van der Waals surface area (Å²) in [6.07, 6.45) is 0. The summed E-state index contributed by atoms with van der Waals surface area (Å²) < 4.78 is 35.7. The third-order valence-electron chi connectivity index (χ3n) is 4.33. The molecule has 2 aromatic rings. The van der Waals surface area contributed by atoms with Gasteiger partial charge < -0.3 is 4.55 Å². The van der Waals surface area contributed by atoms with Crippen LogP contribution in [0.1, 0.15) is 76.0 Å². The van der Waals surface area contributed by atoms with E-state index in [0.29, 0.717) is 16.9 Å². The quantitative estimate of drug-likeness (QED) is 0.623. The molecular weight excluding hydrogens is 331 g/mol. The van der Waals surface area contributed by atoms with E-state index in [1.807, 2.05) is 26.0 Å². The van der Waals surface area contributed by atoms with Gasteiger partial charge in [0.05, 0.1) is 4.90 Å². The molecule has 0 saturated heterocycles. The molecule has 0 aliphatic heterocycles. The molecule has 24 heavy (non-hydrogen) atoms. The molecule has 0 bridgehead atoms. The Morgan fingerprint density at radius 3 is 1.62 bits per heavy atom. The summed E-state index contributed by atoms with van der Waals surface area (Å²) in [6, 6.07) is 7.54. The average Bonchev–Trinajstić information content (AvgIpc) is 2.42. The summed E-state index contributed by atoms with van der Waals surface area (Å²) in [5, 5.41) is 1.43. The molecule has 2 aromatic carbocycles. The molecule has 0 aliphatic carbocycles. The fourth-order valence-electron chi connectivity index (χ4n) is 3.32. The molecule has 0 heterocycles. The van der Waals surface area contributed by atoms with E-state index in [1.54, 1.807) is 12.1 Å². The van der Waals surface area contributed by atoms with Gasteiger partial charge in [-0.1, -0.05) is 65.8 Å². The molecule has 0 atom stereocenters. The monoisotopic (exact) mass is 356 g/mol. The Kier molecular flexibility index (Phi) is 7.11. The Morgan fingerprint density at radius 2 is 1.21 bits per heavy atom. The van der Waals surface area contributed by atoms with E-state index in [9.17, 15) is 13.0 Å². The molecule has 0 aliphatic rings. The van der Waals surface area contributed by atoms with E-state index in [4.69, 9.17) is 0 Å². The zero-order valence-corrected chi connectivity index (χ0v) is 18.5. The van der Waals surface area contributed by atoms with Gasteiger partial charge in [-0.15, -0.1) is 0 Å². The third-order valence-corrected chi connectivity index (χ3v) is 5.28. The molecular formula is C19H25NaO3S. The van der Waals surface area contributed by atoms with E-state index < -0.39 is 10.1 Å². The molecule has 3 nitrogen and oxygen atoms in total. The normalized spacial score (nSPS) is 12.2. The first-order chi connectivity index (χ1) is 10.6. The predicted molar refractivity (Wildman–Crippen MR) is 94.2 cm³/mol. The Hall–Kier alpha value is -0.390. The van der Waals surface area contributed by atoms with Crippen molar-refractivity contribution in [2.24, 2.45) is 0 Å². The van der Waals surface area contributed by atoms with Crippen molar-refractivity contribution in [2.45, 2.75) is 64.2 Å². The van der Waals surface area contributed by atoms with Crippen LogP contribution in [0.25, 0.3) is 10.8 Å². The zero-order valence-electron chi connectivity index (χ0n) is 15.7. The SMILES string of the molecule is CC(C)c1ccc2c(S(=O)(=O)[O-])c(C(C)C)ccc2c1C(C)C.[Na+]. The van der Waals surface area contributed by atoms with Gasteiger partial charge in [0.15, 0.2) is 0 Å². The van der Waals surface area contributed by atoms with Crippen LogP contribution in [0, 0.1) is 0 Å². The van der Waals surface area contributed by atoms with Crippen molar-refractivity contribution < 1.29 is 42.5 Å². The summed E-state index contributed by atoms with van der Waals surface area (Å²) in [7, 11) is -4.53.